The Labute approximate surface area is 126 Å². The summed E-state index contributed by atoms with van der Waals surface area (Å²) in [5, 5.41) is 2.83. The van der Waals surface area contributed by atoms with Gasteiger partial charge in [-0.05, 0) is 52.7 Å². The third-order valence-corrected chi connectivity index (χ3v) is 3.57. The van der Waals surface area contributed by atoms with Crippen LogP contribution in [0.15, 0.2) is 40.9 Å². The number of carbonyl (C=O) groups is 1. The Morgan fingerprint density at radius 1 is 1.25 bits per heavy atom. The molecule has 0 aromatic heterocycles. The summed E-state index contributed by atoms with van der Waals surface area (Å²) in [4.78, 5) is 12.3. The fourth-order valence-corrected chi connectivity index (χ4v) is 2.23. The molecule has 0 heterocycles. The molecule has 0 saturated carbocycles. The summed E-state index contributed by atoms with van der Waals surface area (Å²) in [5.41, 5.74) is 8.38. The minimum absolute atomic E-state index is 0.195. The first-order chi connectivity index (χ1) is 9.51. The van der Waals surface area contributed by atoms with Gasteiger partial charge in [-0.2, -0.15) is 0 Å². The predicted molar refractivity (Wildman–Crippen MR) is 84.2 cm³/mol. The summed E-state index contributed by atoms with van der Waals surface area (Å²) in [6.07, 6.45) is 0. The molecule has 2 aromatic rings. The summed E-state index contributed by atoms with van der Waals surface area (Å²) < 4.78 is 6.03. The van der Waals surface area contributed by atoms with Crippen molar-refractivity contribution in [1.82, 2.24) is 0 Å². The van der Waals surface area contributed by atoms with Crippen LogP contribution in [0.5, 0.6) is 5.75 Å². The van der Waals surface area contributed by atoms with Crippen molar-refractivity contribution in [2.75, 3.05) is 18.2 Å². The van der Waals surface area contributed by atoms with Crippen molar-refractivity contribution < 1.29 is 9.53 Å². The van der Waals surface area contributed by atoms with E-state index in [2.05, 4.69) is 21.2 Å². The third-order valence-electron chi connectivity index (χ3n) is 2.92. The van der Waals surface area contributed by atoms with E-state index in [1.165, 1.54) is 0 Å². The number of rotatable bonds is 3. The molecule has 0 atom stereocenters. The Balaban J connectivity index is 2.25. The Hall–Kier alpha value is -2.01. The van der Waals surface area contributed by atoms with Crippen LogP contribution in [-0.2, 0) is 0 Å². The number of amides is 1. The molecule has 20 heavy (non-hydrogen) atoms. The van der Waals surface area contributed by atoms with Gasteiger partial charge in [0.1, 0.15) is 5.75 Å². The SMILES string of the molecule is COc1cc(NC(=O)c2cc(N)ccc2C)ccc1Br. The van der Waals surface area contributed by atoms with Crippen LogP contribution in [0.1, 0.15) is 15.9 Å². The van der Waals surface area contributed by atoms with Crippen molar-refractivity contribution in [2.24, 2.45) is 0 Å². The van der Waals surface area contributed by atoms with E-state index < -0.39 is 0 Å². The number of nitrogens with one attached hydrogen (secondary N) is 1. The van der Waals surface area contributed by atoms with Crippen LogP contribution in [0.3, 0.4) is 0 Å². The number of carbonyl (C=O) groups excluding carboxylic acids is 1. The lowest BCUT2D eigenvalue weighted by atomic mass is 10.1. The molecule has 0 saturated heterocycles. The molecular formula is C15H15BrN2O2. The van der Waals surface area contributed by atoms with Crippen molar-refractivity contribution >= 4 is 33.2 Å². The summed E-state index contributed by atoms with van der Waals surface area (Å²) in [6.45, 7) is 1.87. The van der Waals surface area contributed by atoms with E-state index in [4.69, 9.17) is 10.5 Å². The number of benzene rings is 2. The molecule has 0 aliphatic carbocycles. The Morgan fingerprint density at radius 2 is 2.00 bits per heavy atom. The van der Waals surface area contributed by atoms with Gasteiger partial charge in [-0.3, -0.25) is 4.79 Å². The Morgan fingerprint density at radius 3 is 2.70 bits per heavy atom. The average Bonchev–Trinajstić information content (AvgIpc) is 2.43. The fraction of sp³-hybridized carbons (Fsp3) is 0.133. The molecule has 0 spiro atoms. The first-order valence-corrected chi connectivity index (χ1v) is 6.81. The molecule has 0 fully saturated rings. The highest BCUT2D eigenvalue weighted by atomic mass is 79.9. The van der Waals surface area contributed by atoms with Gasteiger partial charge in [-0.15, -0.1) is 0 Å². The minimum Gasteiger partial charge on any atom is -0.495 e. The molecule has 0 bridgehead atoms. The van der Waals surface area contributed by atoms with Crippen LogP contribution >= 0.6 is 15.9 Å². The van der Waals surface area contributed by atoms with Gasteiger partial charge in [-0.25, -0.2) is 0 Å². The number of methoxy groups -OCH3 is 1. The quantitative estimate of drug-likeness (QED) is 0.843. The standard InChI is InChI=1S/C15H15BrN2O2/c1-9-3-4-10(17)7-12(9)15(19)18-11-5-6-13(16)14(8-11)20-2/h3-8H,17H2,1-2H3,(H,18,19). The van der Waals surface area contributed by atoms with Crippen LogP contribution in [0.25, 0.3) is 0 Å². The smallest absolute Gasteiger partial charge is 0.256 e. The first kappa shape index (κ1) is 14.4. The number of aryl methyl sites for hydroxylation is 1. The summed E-state index contributed by atoms with van der Waals surface area (Å²) in [7, 11) is 1.58. The van der Waals surface area contributed by atoms with Gasteiger partial charge in [0, 0.05) is 23.0 Å². The third kappa shape index (κ3) is 3.11. The van der Waals surface area contributed by atoms with E-state index in [0.717, 1.165) is 10.0 Å². The molecule has 0 aliphatic rings. The highest BCUT2D eigenvalue weighted by Crippen LogP contribution is 2.28. The zero-order valence-corrected chi connectivity index (χ0v) is 12.8. The number of nitrogen functional groups attached to an aromatic ring is 1. The molecule has 2 aromatic carbocycles. The molecule has 0 unspecified atom stereocenters. The highest BCUT2D eigenvalue weighted by Gasteiger charge is 2.11. The van der Waals surface area contributed by atoms with Crippen molar-refractivity contribution in [3.63, 3.8) is 0 Å². The number of nitrogens with two attached hydrogens (primary N) is 1. The monoisotopic (exact) mass is 334 g/mol. The van der Waals surface area contributed by atoms with Crippen LogP contribution in [0.2, 0.25) is 0 Å². The summed E-state index contributed by atoms with van der Waals surface area (Å²) in [6, 6.07) is 10.6. The van der Waals surface area contributed by atoms with Crippen LogP contribution in [0, 0.1) is 6.92 Å². The largest absolute Gasteiger partial charge is 0.495 e. The molecule has 2 rings (SSSR count). The topological polar surface area (TPSA) is 64.3 Å². The van der Waals surface area contributed by atoms with Gasteiger partial charge >= 0.3 is 0 Å². The van der Waals surface area contributed by atoms with E-state index in [9.17, 15) is 4.79 Å². The molecular weight excluding hydrogens is 320 g/mol. The second kappa shape index (κ2) is 5.96. The molecule has 4 nitrogen and oxygen atoms in total. The molecule has 104 valence electrons. The maximum atomic E-state index is 12.3. The minimum atomic E-state index is -0.195. The maximum Gasteiger partial charge on any atom is 0.256 e. The Kier molecular flexibility index (Phi) is 4.29. The molecule has 0 aliphatic heterocycles. The lowest BCUT2D eigenvalue weighted by Gasteiger charge is -2.10. The lowest BCUT2D eigenvalue weighted by molar-refractivity contribution is 0.102. The summed E-state index contributed by atoms with van der Waals surface area (Å²) in [5.74, 6) is 0.464. The molecule has 3 N–H and O–H groups in total. The van der Waals surface area contributed by atoms with Crippen molar-refractivity contribution in [2.45, 2.75) is 6.92 Å². The number of ether oxygens (including phenoxy) is 1. The summed E-state index contributed by atoms with van der Waals surface area (Å²) >= 11 is 3.37. The zero-order chi connectivity index (χ0) is 14.7. The number of halogens is 1. The van der Waals surface area contributed by atoms with E-state index >= 15 is 0 Å². The van der Waals surface area contributed by atoms with Crippen molar-refractivity contribution in [3.8, 4) is 5.75 Å². The van der Waals surface area contributed by atoms with Gasteiger partial charge in [0.15, 0.2) is 0 Å². The molecule has 1 amide bonds. The first-order valence-electron chi connectivity index (χ1n) is 6.02. The van der Waals surface area contributed by atoms with Crippen molar-refractivity contribution in [3.05, 3.63) is 52.0 Å². The van der Waals surface area contributed by atoms with Crippen molar-refractivity contribution in [1.29, 1.82) is 0 Å². The normalized spacial score (nSPS) is 10.2. The van der Waals surface area contributed by atoms with E-state index in [1.807, 2.05) is 19.1 Å². The fourth-order valence-electron chi connectivity index (χ4n) is 1.82. The van der Waals surface area contributed by atoms with Crippen LogP contribution < -0.4 is 15.8 Å². The van der Waals surface area contributed by atoms with Gasteiger partial charge in [0.2, 0.25) is 0 Å². The van der Waals surface area contributed by atoms with Crippen LogP contribution in [-0.4, -0.2) is 13.0 Å². The zero-order valence-electron chi connectivity index (χ0n) is 11.2. The predicted octanol–water partition coefficient (Wildman–Crippen LogP) is 3.60. The second-order valence-electron chi connectivity index (χ2n) is 4.38. The van der Waals surface area contributed by atoms with E-state index in [1.54, 1.807) is 31.4 Å². The Bertz CT molecular complexity index is 656. The molecule has 0 radical (unpaired) electrons. The molecule has 5 heteroatoms. The van der Waals surface area contributed by atoms with Gasteiger partial charge in [0.25, 0.3) is 5.91 Å². The van der Waals surface area contributed by atoms with Gasteiger partial charge in [-0.1, -0.05) is 6.07 Å². The number of hydrogen-bond acceptors (Lipinski definition) is 3. The lowest BCUT2D eigenvalue weighted by Crippen LogP contribution is -2.13. The van der Waals surface area contributed by atoms with Crippen LogP contribution in [0.4, 0.5) is 11.4 Å². The number of anilines is 2. The van der Waals surface area contributed by atoms with Gasteiger partial charge < -0.3 is 15.8 Å². The highest BCUT2D eigenvalue weighted by molar-refractivity contribution is 9.10. The number of hydrogen-bond donors (Lipinski definition) is 2. The maximum absolute atomic E-state index is 12.3. The average molecular weight is 335 g/mol. The van der Waals surface area contributed by atoms with E-state index in [0.29, 0.717) is 22.7 Å². The second-order valence-corrected chi connectivity index (χ2v) is 5.23. The van der Waals surface area contributed by atoms with E-state index in [-0.39, 0.29) is 5.91 Å². The van der Waals surface area contributed by atoms with Gasteiger partial charge in [0.05, 0.1) is 11.6 Å².